The van der Waals surface area contributed by atoms with Gasteiger partial charge >= 0.3 is 0 Å². The molecule has 3 nitrogen and oxygen atoms in total. The van der Waals surface area contributed by atoms with Crippen molar-refractivity contribution < 1.29 is 9.84 Å². The number of rotatable bonds is 7. The number of aliphatic hydroxyl groups is 1. The average Bonchev–Trinajstić information content (AvgIpc) is 2.65. The van der Waals surface area contributed by atoms with Gasteiger partial charge in [-0.15, -0.1) is 0 Å². The van der Waals surface area contributed by atoms with Crippen molar-refractivity contribution in [3.05, 3.63) is 71.8 Å². The number of hydrogen-bond donors (Lipinski definition) is 1. The number of ether oxygens (including phenoxy) is 1. The number of benzene rings is 2. The first-order chi connectivity index (χ1) is 11.8. The molecule has 1 aliphatic rings. The largest absolute Gasteiger partial charge is 0.387 e. The molecular formula is C21H27NO2. The third kappa shape index (κ3) is 5.17. The van der Waals surface area contributed by atoms with E-state index in [9.17, 15) is 5.11 Å². The van der Waals surface area contributed by atoms with Gasteiger partial charge < -0.3 is 14.7 Å². The summed E-state index contributed by atoms with van der Waals surface area (Å²) in [5.74, 6) is 0. The molecule has 1 heterocycles. The summed E-state index contributed by atoms with van der Waals surface area (Å²) in [7, 11) is 0. The van der Waals surface area contributed by atoms with Crippen LogP contribution in [0.1, 0.15) is 30.1 Å². The molecule has 1 fully saturated rings. The first-order valence-corrected chi connectivity index (χ1v) is 8.92. The van der Waals surface area contributed by atoms with Gasteiger partial charge in [0.2, 0.25) is 0 Å². The summed E-state index contributed by atoms with van der Waals surface area (Å²) in [5, 5.41) is 10.3. The Labute approximate surface area is 144 Å². The van der Waals surface area contributed by atoms with Crippen LogP contribution in [0.2, 0.25) is 0 Å². The monoisotopic (exact) mass is 325 g/mol. The molecule has 0 bridgehead atoms. The molecule has 3 rings (SSSR count). The molecule has 24 heavy (non-hydrogen) atoms. The van der Waals surface area contributed by atoms with Crippen molar-refractivity contribution >= 4 is 0 Å². The minimum absolute atomic E-state index is 0.360. The fourth-order valence-electron chi connectivity index (χ4n) is 3.27. The molecule has 1 atom stereocenters. The van der Waals surface area contributed by atoms with Crippen LogP contribution in [0.25, 0.3) is 0 Å². The van der Waals surface area contributed by atoms with Crippen molar-refractivity contribution in [2.24, 2.45) is 0 Å². The minimum atomic E-state index is -0.401. The average molecular weight is 325 g/mol. The third-order valence-corrected chi connectivity index (χ3v) is 4.74. The summed E-state index contributed by atoms with van der Waals surface area (Å²) in [5.41, 5.74) is 2.33. The minimum Gasteiger partial charge on any atom is -0.387 e. The number of likely N-dealkylation sites (tertiary alicyclic amines) is 1. The Morgan fingerprint density at radius 3 is 2.25 bits per heavy atom. The molecule has 0 radical (unpaired) electrons. The van der Waals surface area contributed by atoms with Crippen LogP contribution < -0.4 is 0 Å². The zero-order valence-corrected chi connectivity index (χ0v) is 14.2. The van der Waals surface area contributed by atoms with Gasteiger partial charge in [-0.25, -0.2) is 0 Å². The number of aliphatic hydroxyl groups excluding tert-OH is 1. The maximum absolute atomic E-state index is 10.3. The molecule has 2 aromatic rings. The van der Waals surface area contributed by atoms with E-state index in [0.29, 0.717) is 12.6 Å². The maximum Gasteiger partial charge on any atom is 0.0916 e. The Morgan fingerprint density at radius 2 is 1.58 bits per heavy atom. The van der Waals surface area contributed by atoms with Gasteiger partial charge in [0, 0.05) is 19.6 Å². The van der Waals surface area contributed by atoms with Crippen molar-refractivity contribution in [2.45, 2.75) is 31.5 Å². The van der Waals surface area contributed by atoms with Crippen LogP contribution in [0.3, 0.4) is 0 Å². The summed E-state index contributed by atoms with van der Waals surface area (Å²) in [6, 6.07) is 20.4. The van der Waals surface area contributed by atoms with E-state index in [-0.39, 0.29) is 0 Å². The summed E-state index contributed by atoms with van der Waals surface area (Å²) < 4.78 is 6.04. The topological polar surface area (TPSA) is 32.7 Å². The second-order valence-electron chi connectivity index (χ2n) is 6.53. The Kier molecular flexibility index (Phi) is 6.41. The normalized spacial score (nSPS) is 17.7. The van der Waals surface area contributed by atoms with Gasteiger partial charge in [-0.2, -0.15) is 0 Å². The summed E-state index contributed by atoms with van der Waals surface area (Å²) in [6.45, 7) is 3.50. The Bertz CT molecular complexity index is 579. The van der Waals surface area contributed by atoms with E-state index < -0.39 is 6.10 Å². The molecule has 0 amide bonds. The fraction of sp³-hybridized carbons (Fsp3) is 0.429. The molecule has 0 spiro atoms. The van der Waals surface area contributed by atoms with Crippen LogP contribution in [0, 0.1) is 0 Å². The smallest absolute Gasteiger partial charge is 0.0916 e. The van der Waals surface area contributed by atoms with Crippen LogP contribution in [-0.2, 0) is 11.2 Å². The number of nitrogens with zero attached hydrogens (tertiary/aromatic N) is 1. The van der Waals surface area contributed by atoms with Crippen LogP contribution >= 0.6 is 0 Å². The highest BCUT2D eigenvalue weighted by molar-refractivity contribution is 5.17. The van der Waals surface area contributed by atoms with E-state index in [2.05, 4.69) is 29.2 Å². The van der Waals surface area contributed by atoms with Crippen LogP contribution in [-0.4, -0.2) is 42.4 Å². The lowest BCUT2D eigenvalue weighted by atomic mass is 10.0. The molecule has 3 heteroatoms. The predicted octanol–water partition coefficient (Wildman–Crippen LogP) is 3.44. The molecule has 1 aliphatic heterocycles. The number of piperidine rings is 1. The van der Waals surface area contributed by atoms with Gasteiger partial charge in [-0.1, -0.05) is 60.7 Å². The first kappa shape index (κ1) is 17.2. The van der Waals surface area contributed by atoms with Gasteiger partial charge in [0.05, 0.1) is 18.8 Å². The van der Waals surface area contributed by atoms with E-state index in [0.717, 1.165) is 44.5 Å². The zero-order valence-electron chi connectivity index (χ0n) is 14.2. The van der Waals surface area contributed by atoms with Gasteiger partial charge in [0.15, 0.2) is 0 Å². The highest BCUT2D eigenvalue weighted by Gasteiger charge is 2.21. The quantitative estimate of drug-likeness (QED) is 0.846. The molecule has 128 valence electrons. The predicted molar refractivity (Wildman–Crippen MR) is 97.0 cm³/mol. The Balaban J connectivity index is 1.35. The lowest BCUT2D eigenvalue weighted by molar-refractivity contribution is -0.000991. The highest BCUT2D eigenvalue weighted by Crippen LogP contribution is 2.19. The summed E-state index contributed by atoms with van der Waals surface area (Å²) >= 11 is 0. The molecule has 2 aromatic carbocycles. The van der Waals surface area contributed by atoms with E-state index >= 15 is 0 Å². The molecule has 1 unspecified atom stereocenters. The van der Waals surface area contributed by atoms with E-state index in [1.165, 1.54) is 5.56 Å². The van der Waals surface area contributed by atoms with E-state index in [1.54, 1.807) is 0 Å². The molecule has 1 saturated heterocycles. The molecule has 0 aromatic heterocycles. The lowest BCUT2D eigenvalue weighted by Gasteiger charge is -2.33. The fourth-order valence-corrected chi connectivity index (χ4v) is 3.27. The van der Waals surface area contributed by atoms with Crippen LogP contribution in [0.4, 0.5) is 0 Å². The van der Waals surface area contributed by atoms with E-state index in [4.69, 9.17) is 4.74 Å². The summed E-state index contributed by atoms with van der Waals surface area (Å²) in [6.07, 6.45) is 3.04. The SMILES string of the molecule is OC(CN1CCC(OCCc2ccccc2)CC1)c1ccccc1. The Hall–Kier alpha value is -1.68. The van der Waals surface area contributed by atoms with Gasteiger partial charge in [-0.3, -0.25) is 0 Å². The van der Waals surface area contributed by atoms with Gasteiger partial charge in [0.1, 0.15) is 0 Å². The van der Waals surface area contributed by atoms with Crippen molar-refractivity contribution in [3.8, 4) is 0 Å². The first-order valence-electron chi connectivity index (χ1n) is 8.92. The van der Waals surface area contributed by atoms with Gasteiger partial charge in [0.25, 0.3) is 0 Å². The number of β-amino-alcohol motifs (C(OH)–C–C–N with tert-alkyl or cyclic N) is 1. The molecule has 0 saturated carbocycles. The molecule has 1 N–H and O–H groups in total. The standard InChI is InChI=1S/C21H27NO2/c23-21(19-9-5-2-6-10-19)17-22-14-11-20(12-15-22)24-16-13-18-7-3-1-4-8-18/h1-10,20-21,23H,11-17H2. The van der Waals surface area contributed by atoms with Crippen LogP contribution in [0.5, 0.6) is 0 Å². The second-order valence-corrected chi connectivity index (χ2v) is 6.53. The van der Waals surface area contributed by atoms with Crippen molar-refractivity contribution in [3.63, 3.8) is 0 Å². The Morgan fingerprint density at radius 1 is 0.958 bits per heavy atom. The number of hydrogen-bond acceptors (Lipinski definition) is 3. The van der Waals surface area contributed by atoms with Gasteiger partial charge in [-0.05, 0) is 30.4 Å². The maximum atomic E-state index is 10.3. The second kappa shape index (κ2) is 8.97. The van der Waals surface area contributed by atoms with Crippen LogP contribution in [0.15, 0.2) is 60.7 Å². The third-order valence-electron chi connectivity index (χ3n) is 4.74. The molecule has 0 aliphatic carbocycles. The van der Waals surface area contributed by atoms with Crippen molar-refractivity contribution in [2.75, 3.05) is 26.2 Å². The van der Waals surface area contributed by atoms with Crippen molar-refractivity contribution in [1.29, 1.82) is 0 Å². The summed E-state index contributed by atoms with van der Waals surface area (Å²) in [4.78, 5) is 2.34. The van der Waals surface area contributed by atoms with E-state index in [1.807, 2.05) is 36.4 Å². The zero-order chi connectivity index (χ0) is 16.6. The highest BCUT2D eigenvalue weighted by atomic mass is 16.5. The molecular weight excluding hydrogens is 298 g/mol. The van der Waals surface area contributed by atoms with Crippen molar-refractivity contribution in [1.82, 2.24) is 4.90 Å². The lowest BCUT2D eigenvalue weighted by Crippen LogP contribution is -2.39.